The van der Waals surface area contributed by atoms with E-state index in [2.05, 4.69) is 42.3 Å². The Hall–Kier alpha value is -1.91. The van der Waals surface area contributed by atoms with Gasteiger partial charge in [0.2, 0.25) is 0 Å². The van der Waals surface area contributed by atoms with Crippen LogP contribution in [-0.4, -0.2) is 11.4 Å². The van der Waals surface area contributed by atoms with Crippen LogP contribution in [0.1, 0.15) is 28.5 Å². The summed E-state index contributed by atoms with van der Waals surface area (Å²) >= 11 is 1.77. The maximum atomic E-state index is 11.9. The second-order valence-corrected chi connectivity index (χ2v) is 6.94. The third-order valence-corrected chi connectivity index (χ3v) is 5.11. The van der Waals surface area contributed by atoms with Crippen LogP contribution in [0.4, 0.5) is 0 Å². The number of nitrogens with zero attached hydrogens (tertiary/aromatic N) is 1. The van der Waals surface area contributed by atoms with E-state index in [4.69, 9.17) is 4.42 Å². The molecule has 3 aromatic rings. The molecule has 0 amide bonds. The highest BCUT2D eigenvalue weighted by Gasteiger charge is 2.12. The molecule has 120 valence electrons. The number of thiophene rings is 1. The lowest BCUT2D eigenvalue weighted by Crippen LogP contribution is -2.22. The van der Waals surface area contributed by atoms with Crippen LogP contribution in [0.15, 0.2) is 44.9 Å². The molecule has 23 heavy (non-hydrogen) atoms. The van der Waals surface area contributed by atoms with Gasteiger partial charge in [0.25, 0.3) is 0 Å². The minimum absolute atomic E-state index is 0.275. The standard InChI is InChI=1S/C19H21NO2S/c1-4-20(12-16-6-5-7-23-16)11-15-10-19(21)22-18-9-14(3)13(2)8-17(15)18/h5-10H,4,11-12H2,1-3H3. The van der Waals surface area contributed by atoms with Crippen LogP contribution in [0, 0.1) is 13.8 Å². The molecule has 0 aliphatic rings. The van der Waals surface area contributed by atoms with Crippen LogP contribution in [0.3, 0.4) is 0 Å². The molecule has 3 rings (SSSR count). The predicted octanol–water partition coefficient (Wildman–Crippen LogP) is 4.49. The van der Waals surface area contributed by atoms with Crippen LogP contribution < -0.4 is 5.63 Å². The fourth-order valence-electron chi connectivity index (χ4n) is 2.76. The Balaban J connectivity index is 1.97. The second-order valence-electron chi connectivity index (χ2n) is 5.91. The Morgan fingerprint density at radius 2 is 1.91 bits per heavy atom. The molecule has 0 N–H and O–H groups in total. The van der Waals surface area contributed by atoms with E-state index in [9.17, 15) is 4.79 Å². The van der Waals surface area contributed by atoms with E-state index in [1.807, 2.05) is 13.0 Å². The molecule has 3 nitrogen and oxygen atoms in total. The molecular weight excluding hydrogens is 306 g/mol. The van der Waals surface area contributed by atoms with E-state index >= 15 is 0 Å². The highest BCUT2D eigenvalue weighted by Crippen LogP contribution is 2.23. The zero-order valence-corrected chi connectivity index (χ0v) is 14.6. The van der Waals surface area contributed by atoms with Crippen molar-refractivity contribution < 1.29 is 4.42 Å². The van der Waals surface area contributed by atoms with Gasteiger partial charge in [-0.15, -0.1) is 11.3 Å². The molecule has 0 fully saturated rings. The maximum absolute atomic E-state index is 11.9. The van der Waals surface area contributed by atoms with Gasteiger partial charge in [0, 0.05) is 29.4 Å². The van der Waals surface area contributed by atoms with Crippen molar-refractivity contribution in [3.8, 4) is 0 Å². The minimum atomic E-state index is -0.275. The number of hydrogen-bond donors (Lipinski definition) is 0. The van der Waals surface area contributed by atoms with Gasteiger partial charge in [-0.2, -0.15) is 0 Å². The molecule has 4 heteroatoms. The predicted molar refractivity (Wildman–Crippen MR) is 96.1 cm³/mol. The van der Waals surface area contributed by atoms with Crippen molar-refractivity contribution in [2.24, 2.45) is 0 Å². The highest BCUT2D eigenvalue weighted by atomic mass is 32.1. The van der Waals surface area contributed by atoms with Crippen molar-refractivity contribution in [1.29, 1.82) is 0 Å². The summed E-state index contributed by atoms with van der Waals surface area (Å²) in [5.74, 6) is 0. The van der Waals surface area contributed by atoms with E-state index in [1.54, 1.807) is 17.4 Å². The largest absolute Gasteiger partial charge is 0.423 e. The van der Waals surface area contributed by atoms with E-state index in [0.717, 1.165) is 36.1 Å². The molecule has 2 aromatic heterocycles. The summed E-state index contributed by atoms with van der Waals surface area (Å²) in [5.41, 5.74) is 3.81. The Morgan fingerprint density at radius 3 is 2.61 bits per heavy atom. The van der Waals surface area contributed by atoms with E-state index in [0.29, 0.717) is 5.58 Å². The third kappa shape index (κ3) is 3.54. The summed E-state index contributed by atoms with van der Waals surface area (Å²) < 4.78 is 5.39. The van der Waals surface area contributed by atoms with Crippen molar-refractivity contribution >= 4 is 22.3 Å². The van der Waals surface area contributed by atoms with Gasteiger partial charge >= 0.3 is 5.63 Å². The van der Waals surface area contributed by atoms with Gasteiger partial charge in [-0.3, -0.25) is 4.90 Å². The normalized spacial score (nSPS) is 11.5. The average molecular weight is 327 g/mol. The van der Waals surface area contributed by atoms with Gasteiger partial charge in [-0.05, 0) is 60.7 Å². The number of rotatable bonds is 5. The summed E-state index contributed by atoms with van der Waals surface area (Å²) in [7, 11) is 0. The van der Waals surface area contributed by atoms with Gasteiger partial charge in [-0.25, -0.2) is 4.79 Å². The zero-order chi connectivity index (χ0) is 16.4. The molecule has 0 atom stereocenters. The molecular formula is C19H21NO2S. The number of fused-ring (bicyclic) bond motifs is 1. The Bertz CT molecular complexity index is 865. The number of benzene rings is 1. The lowest BCUT2D eigenvalue weighted by molar-refractivity contribution is 0.274. The molecule has 0 radical (unpaired) electrons. The van der Waals surface area contributed by atoms with Crippen LogP contribution in [0.25, 0.3) is 11.0 Å². The van der Waals surface area contributed by atoms with Crippen molar-refractivity contribution in [2.75, 3.05) is 6.54 Å². The second kappa shape index (κ2) is 6.69. The number of hydrogen-bond acceptors (Lipinski definition) is 4. The maximum Gasteiger partial charge on any atom is 0.336 e. The van der Waals surface area contributed by atoms with Gasteiger partial charge in [0.15, 0.2) is 0 Å². The molecule has 2 heterocycles. The lowest BCUT2D eigenvalue weighted by Gasteiger charge is -2.20. The van der Waals surface area contributed by atoms with Gasteiger partial charge < -0.3 is 4.42 Å². The summed E-state index contributed by atoms with van der Waals surface area (Å²) in [5, 5.41) is 3.14. The van der Waals surface area contributed by atoms with Crippen molar-refractivity contribution in [3.05, 3.63) is 67.7 Å². The van der Waals surface area contributed by atoms with E-state index < -0.39 is 0 Å². The minimum Gasteiger partial charge on any atom is -0.423 e. The van der Waals surface area contributed by atoms with Crippen LogP contribution in [-0.2, 0) is 13.1 Å². The van der Waals surface area contributed by atoms with E-state index in [1.165, 1.54) is 10.4 Å². The fraction of sp³-hybridized carbons (Fsp3) is 0.316. The van der Waals surface area contributed by atoms with Crippen LogP contribution in [0.5, 0.6) is 0 Å². The SMILES string of the molecule is CCN(Cc1cccs1)Cc1cc(=O)oc2cc(C)c(C)cc12. The molecule has 0 spiro atoms. The van der Waals surface area contributed by atoms with Gasteiger partial charge in [0.1, 0.15) is 5.58 Å². The summed E-state index contributed by atoms with van der Waals surface area (Å²) in [4.78, 5) is 15.6. The Kier molecular flexibility index (Phi) is 4.64. The smallest absolute Gasteiger partial charge is 0.336 e. The average Bonchev–Trinajstić information content (AvgIpc) is 3.01. The molecule has 0 saturated heterocycles. The summed E-state index contributed by atoms with van der Waals surface area (Å²) in [6, 6.07) is 9.95. The van der Waals surface area contributed by atoms with E-state index in [-0.39, 0.29) is 5.63 Å². The quantitative estimate of drug-likeness (QED) is 0.647. The molecule has 0 bridgehead atoms. The monoisotopic (exact) mass is 327 g/mol. The first kappa shape index (κ1) is 16.0. The van der Waals surface area contributed by atoms with Crippen molar-refractivity contribution in [3.63, 3.8) is 0 Å². The Morgan fingerprint density at radius 1 is 1.13 bits per heavy atom. The fourth-order valence-corrected chi connectivity index (χ4v) is 3.50. The molecule has 0 aliphatic carbocycles. The summed E-state index contributed by atoms with van der Waals surface area (Å²) in [6.45, 7) is 8.87. The van der Waals surface area contributed by atoms with Gasteiger partial charge in [0.05, 0.1) is 0 Å². The Labute approximate surface area is 140 Å². The lowest BCUT2D eigenvalue weighted by atomic mass is 10.0. The molecule has 0 unspecified atom stereocenters. The molecule has 1 aromatic carbocycles. The molecule has 0 saturated carbocycles. The zero-order valence-electron chi connectivity index (χ0n) is 13.8. The van der Waals surface area contributed by atoms with Crippen LogP contribution >= 0.6 is 11.3 Å². The first-order chi connectivity index (χ1) is 11.1. The summed E-state index contributed by atoms with van der Waals surface area (Å²) in [6.07, 6.45) is 0. The van der Waals surface area contributed by atoms with Gasteiger partial charge in [-0.1, -0.05) is 13.0 Å². The highest BCUT2D eigenvalue weighted by molar-refractivity contribution is 7.09. The van der Waals surface area contributed by atoms with Crippen molar-refractivity contribution in [2.45, 2.75) is 33.9 Å². The van der Waals surface area contributed by atoms with Crippen LogP contribution in [0.2, 0.25) is 0 Å². The van der Waals surface area contributed by atoms with Crippen molar-refractivity contribution in [1.82, 2.24) is 4.90 Å². The topological polar surface area (TPSA) is 33.5 Å². The first-order valence-corrected chi connectivity index (χ1v) is 8.73. The number of aryl methyl sites for hydroxylation is 2. The first-order valence-electron chi connectivity index (χ1n) is 7.85. The molecule has 0 aliphatic heterocycles. The third-order valence-electron chi connectivity index (χ3n) is 4.25.